The van der Waals surface area contributed by atoms with Crippen LogP contribution in [0.25, 0.3) is 0 Å². The quantitative estimate of drug-likeness (QED) is 0.908. The van der Waals surface area contributed by atoms with Crippen LogP contribution in [0.1, 0.15) is 24.9 Å². The molecule has 1 saturated heterocycles. The second-order valence-electron chi connectivity index (χ2n) is 4.70. The van der Waals surface area contributed by atoms with Gasteiger partial charge in [0.1, 0.15) is 0 Å². The average molecular weight is 350 g/mol. The monoisotopic (exact) mass is 348 g/mol. The summed E-state index contributed by atoms with van der Waals surface area (Å²) in [6.45, 7) is 5.55. The molecule has 2 N–H and O–H groups in total. The first-order valence-electron chi connectivity index (χ1n) is 6.55. The summed E-state index contributed by atoms with van der Waals surface area (Å²) < 4.78 is 6.76. The highest BCUT2D eigenvalue weighted by molar-refractivity contribution is 9.10. The average Bonchev–Trinajstić information content (AvgIpc) is 2.42. The van der Waals surface area contributed by atoms with Crippen molar-refractivity contribution in [3.63, 3.8) is 0 Å². The van der Waals surface area contributed by atoms with Gasteiger partial charge in [0.25, 0.3) is 0 Å². The molecular weight excluding hydrogens is 328 g/mol. The summed E-state index contributed by atoms with van der Waals surface area (Å²) in [6.07, 6.45) is 1.29. The smallest absolute Gasteiger partial charge is 0.0824 e. The van der Waals surface area contributed by atoms with Crippen LogP contribution >= 0.6 is 28.3 Å². The SMILES string of the molecule is CCC(c1ccc(Br)cc1)N1CCOC(CN)C1.Cl. The van der Waals surface area contributed by atoms with Gasteiger partial charge in [0.15, 0.2) is 0 Å². The molecule has 5 heteroatoms. The number of rotatable bonds is 4. The Hall–Kier alpha value is -0.130. The molecule has 1 aromatic rings. The van der Waals surface area contributed by atoms with Crippen LogP contribution in [0.2, 0.25) is 0 Å². The summed E-state index contributed by atoms with van der Waals surface area (Å²) in [4.78, 5) is 2.49. The van der Waals surface area contributed by atoms with Crippen molar-refractivity contribution < 1.29 is 4.74 Å². The topological polar surface area (TPSA) is 38.5 Å². The highest BCUT2D eigenvalue weighted by atomic mass is 79.9. The van der Waals surface area contributed by atoms with E-state index >= 15 is 0 Å². The van der Waals surface area contributed by atoms with Gasteiger partial charge in [0.2, 0.25) is 0 Å². The number of ether oxygens (including phenoxy) is 1. The Bertz CT molecular complexity index is 374. The first-order valence-corrected chi connectivity index (χ1v) is 7.35. The minimum Gasteiger partial charge on any atom is -0.374 e. The second kappa shape index (κ2) is 8.22. The molecule has 1 heterocycles. The van der Waals surface area contributed by atoms with E-state index in [1.54, 1.807) is 0 Å². The molecule has 0 bridgehead atoms. The summed E-state index contributed by atoms with van der Waals surface area (Å²) in [7, 11) is 0. The molecule has 1 aliphatic rings. The third-order valence-electron chi connectivity index (χ3n) is 3.52. The van der Waals surface area contributed by atoms with Crippen molar-refractivity contribution in [3.05, 3.63) is 34.3 Å². The standard InChI is InChI=1S/C14H21BrN2O.ClH/c1-2-14(11-3-5-12(15)6-4-11)17-7-8-18-13(9-16)10-17;/h3-6,13-14H,2,7-10,16H2,1H3;1H. The molecule has 0 aromatic heterocycles. The van der Waals surface area contributed by atoms with Crippen LogP contribution in [-0.2, 0) is 4.74 Å². The molecule has 0 spiro atoms. The summed E-state index contributed by atoms with van der Waals surface area (Å²) in [5.74, 6) is 0. The summed E-state index contributed by atoms with van der Waals surface area (Å²) in [5.41, 5.74) is 7.08. The predicted molar refractivity (Wildman–Crippen MR) is 84.8 cm³/mol. The molecule has 19 heavy (non-hydrogen) atoms. The van der Waals surface area contributed by atoms with E-state index in [1.165, 1.54) is 5.56 Å². The molecule has 0 radical (unpaired) electrons. The van der Waals surface area contributed by atoms with Crippen molar-refractivity contribution in [3.8, 4) is 0 Å². The van der Waals surface area contributed by atoms with E-state index in [9.17, 15) is 0 Å². The summed E-state index contributed by atoms with van der Waals surface area (Å²) in [6, 6.07) is 9.09. The minimum atomic E-state index is 0. The largest absolute Gasteiger partial charge is 0.374 e. The van der Waals surface area contributed by atoms with E-state index in [2.05, 4.69) is 52.0 Å². The molecule has 0 saturated carbocycles. The second-order valence-corrected chi connectivity index (χ2v) is 5.61. The highest BCUT2D eigenvalue weighted by Crippen LogP contribution is 2.27. The zero-order valence-electron chi connectivity index (χ0n) is 11.2. The molecule has 1 fully saturated rings. The zero-order chi connectivity index (χ0) is 13.0. The van der Waals surface area contributed by atoms with Gasteiger partial charge in [-0.15, -0.1) is 12.4 Å². The van der Waals surface area contributed by atoms with Crippen LogP contribution in [0.4, 0.5) is 0 Å². The Morgan fingerprint density at radius 2 is 2.11 bits per heavy atom. The Kier molecular flexibility index (Phi) is 7.32. The van der Waals surface area contributed by atoms with E-state index < -0.39 is 0 Å². The third-order valence-corrected chi connectivity index (χ3v) is 4.04. The lowest BCUT2D eigenvalue weighted by Crippen LogP contribution is -2.46. The number of nitrogens with two attached hydrogens (primary N) is 1. The van der Waals surface area contributed by atoms with Crippen LogP contribution in [-0.4, -0.2) is 37.2 Å². The lowest BCUT2D eigenvalue weighted by Gasteiger charge is -2.38. The van der Waals surface area contributed by atoms with E-state index in [4.69, 9.17) is 10.5 Å². The third kappa shape index (κ3) is 4.43. The molecule has 1 aliphatic heterocycles. The van der Waals surface area contributed by atoms with Gasteiger partial charge in [-0.05, 0) is 24.1 Å². The first kappa shape index (κ1) is 16.9. The van der Waals surface area contributed by atoms with Gasteiger partial charge in [-0.3, -0.25) is 4.90 Å². The van der Waals surface area contributed by atoms with Crippen LogP contribution < -0.4 is 5.73 Å². The number of morpholine rings is 1. The molecule has 2 unspecified atom stereocenters. The van der Waals surface area contributed by atoms with Crippen molar-refractivity contribution in [2.45, 2.75) is 25.5 Å². The van der Waals surface area contributed by atoms with Gasteiger partial charge in [0, 0.05) is 30.1 Å². The maximum Gasteiger partial charge on any atom is 0.0824 e. The van der Waals surface area contributed by atoms with Gasteiger partial charge in [-0.25, -0.2) is 0 Å². The highest BCUT2D eigenvalue weighted by Gasteiger charge is 2.25. The maximum absolute atomic E-state index is 5.71. The van der Waals surface area contributed by atoms with Crippen LogP contribution in [0.15, 0.2) is 28.7 Å². The Labute approximate surface area is 130 Å². The Morgan fingerprint density at radius 1 is 1.42 bits per heavy atom. The van der Waals surface area contributed by atoms with Crippen molar-refractivity contribution in [2.75, 3.05) is 26.2 Å². The maximum atomic E-state index is 5.71. The van der Waals surface area contributed by atoms with Crippen molar-refractivity contribution in [1.82, 2.24) is 4.90 Å². The summed E-state index contributed by atoms with van der Waals surface area (Å²) >= 11 is 3.48. The number of hydrogen-bond donors (Lipinski definition) is 1. The molecule has 108 valence electrons. The molecule has 0 aliphatic carbocycles. The van der Waals surface area contributed by atoms with Gasteiger partial charge in [-0.1, -0.05) is 35.0 Å². The van der Waals surface area contributed by atoms with Crippen LogP contribution in [0, 0.1) is 0 Å². The predicted octanol–water partition coefficient (Wildman–Crippen LogP) is 2.98. The fraction of sp³-hybridized carbons (Fsp3) is 0.571. The van der Waals surface area contributed by atoms with Gasteiger partial charge < -0.3 is 10.5 Å². The Morgan fingerprint density at radius 3 is 2.68 bits per heavy atom. The minimum absolute atomic E-state index is 0. The van der Waals surface area contributed by atoms with E-state index in [1.807, 2.05) is 0 Å². The normalized spacial score (nSPS) is 21.7. The molecule has 2 atom stereocenters. The fourth-order valence-corrected chi connectivity index (χ4v) is 2.82. The summed E-state index contributed by atoms with van der Waals surface area (Å²) in [5, 5.41) is 0. The number of nitrogens with zero attached hydrogens (tertiary/aromatic N) is 1. The molecule has 0 amide bonds. The fourth-order valence-electron chi connectivity index (χ4n) is 2.56. The molecule has 1 aromatic carbocycles. The van der Waals surface area contributed by atoms with Crippen molar-refractivity contribution >= 4 is 28.3 Å². The van der Waals surface area contributed by atoms with Crippen LogP contribution in [0.3, 0.4) is 0 Å². The number of benzene rings is 1. The van der Waals surface area contributed by atoms with Crippen LogP contribution in [0.5, 0.6) is 0 Å². The number of hydrogen-bond acceptors (Lipinski definition) is 3. The number of halogens is 2. The van der Waals surface area contributed by atoms with Gasteiger partial charge in [-0.2, -0.15) is 0 Å². The van der Waals surface area contributed by atoms with Gasteiger partial charge in [0.05, 0.1) is 12.7 Å². The molecular formula is C14H22BrClN2O. The zero-order valence-corrected chi connectivity index (χ0v) is 13.6. The Balaban J connectivity index is 0.00000180. The lowest BCUT2D eigenvalue weighted by molar-refractivity contribution is -0.0396. The molecule has 2 rings (SSSR count). The lowest BCUT2D eigenvalue weighted by atomic mass is 10.0. The van der Waals surface area contributed by atoms with E-state index in [-0.39, 0.29) is 18.5 Å². The van der Waals surface area contributed by atoms with Crippen molar-refractivity contribution in [2.24, 2.45) is 5.73 Å². The van der Waals surface area contributed by atoms with Gasteiger partial charge >= 0.3 is 0 Å². The van der Waals surface area contributed by atoms with E-state index in [0.717, 1.165) is 30.6 Å². The van der Waals surface area contributed by atoms with Crippen molar-refractivity contribution in [1.29, 1.82) is 0 Å². The van der Waals surface area contributed by atoms with E-state index in [0.29, 0.717) is 12.6 Å². The first-order chi connectivity index (χ1) is 8.74. The molecule has 3 nitrogen and oxygen atoms in total.